The second-order valence-corrected chi connectivity index (χ2v) is 14.6. The SMILES string of the molecule is O=C(NCCCC(C(=O)O)N1CCN(C(CCCNC(=O)C(CO)CO)C(=O)O)Cc2cccc(n2)CN(C(CCCNC(=O)C(CO)CO)C(=O)O)CC1)C(CO)CO. The fourth-order valence-corrected chi connectivity index (χ4v) is 6.76. The van der Waals surface area contributed by atoms with Crippen molar-refractivity contribution in [1.29, 1.82) is 0 Å². The average Bonchev–Trinajstić information content (AvgIpc) is 3.21. The number of nitrogens with zero attached hydrogens (tertiary/aromatic N) is 4. The molecule has 0 spiro atoms. The summed E-state index contributed by atoms with van der Waals surface area (Å²) in [6.07, 6.45) is 0.689. The van der Waals surface area contributed by atoms with Crippen LogP contribution in [0.2, 0.25) is 0 Å². The quantitative estimate of drug-likeness (QED) is 0.0374. The van der Waals surface area contributed by atoms with E-state index in [9.17, 15) is 74.7 Å². The van der Waals surface area contributed by atoms with Gasteiger partial charge in [-0.3, -0.25) is 48.5 Å². The van der Waals surface area contributed by atoms with E-state index in [-0.39, 0.29) is 97.4 Å². The van der Waals surface area contributed by atoms with E-state index in [0.717, 1.165) is 0 Å². The topological polar surface area (TPSA) is 343 Å². The Hall–Kier alpha value is -4.39. The summed E-state index contributed by atoms with van der Waals surface area (Å²) in [5, 5.41) is 94.9. The number of pyridine rings is 1. The first-order valence-electron chi connectivity index (χ1n) is 20.1. The number of aliphatic hydroxyl groups is 6. The van der Waals surface area contributed by atoms with Gasteiger partial charge in [-0.1, -0.05) is 6.07 Å². The summed E-state index contributed by atoms with van der Waals surface area (Å²) < 4.78 is 0. The van der Waals surface area contributed by atoms with Gasteiger partial charge in [0.05, 0.1) is 68.8 Å². The first kappa shape index (κ1) is 51.8. The molecular formula is C38H63N7O15. The first-order valence-corrected chi connectivity index (χ1v) is 20.1. The number of fused-ring (bicyclic) bond motifs is 2. The molecule has 22 heteroatoms. The molecule has 3 unspecified atom stereocenters. The van der Waals surface area contributed by atoms with E-state index in [1.54, 1.807) is 32.9 Å². The van der Waals surface area contributed by atoms with Crippen LogP contribution in [-0.2, 0) is 41.9 Å². The maximum absolute atomic E-state index is 12.9. The zero-order valence-electron chi connectivity index (χ0n) is 33.8. The molecule has 0 radical (unpaired) electrons. The second-order valence-electron chi connectivity index (χ2n) is 14.6. The van der Waals surface area contributed by atoms with Gasteiger partial charge < -0.3 is 61.9 Å². The lowest BCUT2D eigenvalue weighted by molar-refractivity contribution is -0.147. The molecule has 2 rings (SSSR count). The summed E-state index contributed by atoms with van der Waals surface area (Å²) >= 11 is 0. The molecule has 1 aliphatic rings. The second kappa shape index (κ2) is 28.2. The number of hydrogen-bond donors (Lipinski definition) is 12. The van der Waals surface area contributed by atoms with E-state index < -0.39 is 111 Å². The highest BCUT2D eigenvalue weighted by Gasteiger charge is 2.33. The number of amides is 3. The number of nitrogens with one attached hydrogen (secondary N) is 3. The summed E-state index contributed by atoms with van der Waals surface area (Å²) in [7, 11) is 0. The number of carbonyl (C=O) groups excluding carboxylic acids is 3. The van der Waals surface area contributed by atoms with E-state index in [2.05, 4.69) is 16.0 Å². The number of carboxylic acids is 3. The molecule has 3 amide bonds. The van der Waals surface area contributed by atoms with Crippen molar-refractivity contribution < 1.29 is 74.7 Å². The van der Waals surface area contributed by atoms with Crippen LogP contribution in [0, 0.1) is 17.8 Å². The van der Waals surface area contributed by atoms with E-state index in [0.29, 0.717) is 11.4 Å². The van der Waals surface area contributed by atoms with Crippen molar-refractivity contribution in [3.63, 3.8) is 0 Å². The Morgan fingerprint density at radius 1 is 0.500 bits per heavy atom. The van der Waals surface area contributed by atoms with Gasteiger partial charge in [-0.05, 0) is 50.7 Å². The van der Waals surface area contributed by atoms with Crippen LogP contribution < -0.4 is 16.0 Å². The Morgan fingerprint density at radius 3 is 1.07 bits per heavy atom. The van der Waals surface area contributed by atoms with Crippen molar-refractivity contribution in [2.75, 3.05) is 85.5 Å². The highest BCUT2D eigenvalue weighted by atomic mass is 16.4. The van der Waals surface area contributed by atoms with E-state index in [1.165, 1.54) is 0 Å². The first-order chi connectivity index (χ1) is 28.7. The minimum atomic E-state index is -1.22. The highest BCUT2D eigenvalue weighted by molar-refractivity contribution is 5.80. The predicted molar refractivity (Wildman–Crippen MR) is 211 cm³/mol. The van der Waals surface area contributed by atoms with Crippen molar-refractivity contribution >= 4 is 35.6 Å². The van der Waals surface area contributed by atoms with Gasteiger partial charge in [-0.2, -0.15) is 0 Å². The molecule has 2 heterocycles. The van der Waals surface area contributed by atoms with Crippen LogP contribution in [0.3, 0.4) is 0 Å². The van der Waals surface area contributed by atoms with Gasteiger partial charge in [0.25, 0.3) is 0 Å². The van der Waals surface area contributed by atoms with Gasteiger partial charge in [-0.15, -0.1) is 0 Å². The number of rotatable bonds is 27. The maximum atomic E-state index is 12.9. The number of carbonyl (C=O) groups is 6. The Kier molecular flexibility index (Phi) is 24.3. The molecule has 60 heavy (non-hydrogen) atoms. The number of aliphatic carboxylic acids is 3. The van der Waals surface area contributed by atoms with Crippen molar-refractivity contribution in [2.24, 2.45) is 17.8 Å². The van der Waals surface area contributed by atoms with Crippen LogP contribution in [0.4, 0.5) is 0 Å². The predicted octanol–water partition coefficient (Wildman–Crippen LogP) is -4.15. The summed E-state index contributed by atoms with van der Waals surface area (Å²) in [5.74, 6) is -8.45. The third kappa shape index (κ3) is 17.3. The number of carboxylic acid groups (broad SMARTS) is 3. The molecule has 0 aliphatic carbocycles. The van der Waals surface area contributed by atoms with Crippen LogP contribution in [0.15, 0.2) is 18.2 Å². The number of hydrogen-bond acceptors (Lipinski definition) is 16. The smallest absolute Gasteiger partial charge is 0.320 e. The normalized spacial score (nSPS) is 16.1. The minimum Gasteiger partial charge on any atom is -0.480 e. The highest BCUT2D eigenvalue weighted by Crippen LogP contribution is 2.19. The minimum absolute atomic E-state index is 0.00377. The van der Waals surface area contributed by atoms with Crippen LogP contribution in [0.25, 0.3) is 0 Å². The lowest BCUT2D eigenvalue weighted by atomic mass is 10.1. The van der Waals surface area contributed by atoms with Crippen molar-refractivity contribution in [1.82, 2.24) is 35.6 Å². The van der Waals surface area contributed by atoms with Gasteiger partial charge in [0, 0.05) is 58.9 Å². The maximum Gasteiger partial charge on any atom is 0.320 e. The Bertz CT molecular complexity index is 1420. The molecule has 0 aromatic carbocycles. The van der Waals surface area contributed by atoms with Gasteiger partial charge >= 0.3 is 17.9 Å². The summed E-state index contributed by atoms with van der Waals surface area (Å²) in [4.78, 5) is 84.8. The average molecular weight is 858 g/mol. The number of aromatic nitrogens is 1. The molecule has 2 bridgehead atoms. The number of aliphatic hydroxyl groups excluding tert-OH is 6. The van der Waals surface area contributed by atoms with E-state index in [4.69, 9.17) is 4.98 Å². The summed E-state index contributed by atoms with van der Waals surface area (Å²) in [6.45, 7) is -3.23. The standard InChI is InChI=1S/C38H63N7O15/c46-19-25(20-47)33(52)39-10-2-7-30(36(55)56)43-13-15-44(31(37(57)58)8-3-11-40-34(53)26(21-48)22-49)17-28-5-1-6-29(42-28)18-45(16-14-43)32(38(59)60)9-4-12-41-35(54)27(23-50)24-51/h1,5-6,25-27,30-32,46-51H,2-4,7-24H2,(H,39,52)(H,40,53)(H,41,54)(H,55,56)(H,57,58)(H,59,60). The molecule has 22 nitrogen and oxygen atoms in total. The van der Waals surface area contributed by atoms with E-state index in [1.807, 2.05) is 0 Å². The summed E-state index contributed by atoms with van der Waals surface area (Å²) in [6, 6.07) is 1.66. The third-order valence-electron chi connectivity index (χ3n) is 10.4. The van der Waals surface area contributed by atoms with Crippen LogP contribution >= 0.6 is 0 Å². The Morgan fingerprint density at radius 2 is 0.783 bits per heavy atom. The van der Waals surface area contributed by atoms with Crippen molar-refractivity contribution in [2.45, 2.75) is 69.7 Å². The third-order valence-corrected chi connectivity index (χ3v) is 10.4. The molecular weight excluding hydrogens is 794 g/mol. The van der Waals surface area contributed by atoms with Gasteiger partial charge in [0.1, 0.15) is 18.1 Å². The van der Waals surface area contributed by atoms with Gasteiger partial charge in [-0.25, -0.2) is 0 Å². The lowest BCUT2D eigenvalue weighted by Crippen LogP contribution is -2.52. The Balaban J connectivity index is 2.45. The fraction of sp³-hybridized carbons (Fsp3) is 0.711. The molecule has 0 fully saturated rings. The molecule has 12 N–H and O–H groups in total. The molecule has 1 aliphatic heterocycles. The molecule has 0 saturated carbocycles. The zero-order chi connectivity index (χ0) is 44.6. The summed E-state index contributed by atoms with van der Waals surface area (Å²) in [5.41, 5.74) is 0.915. The monoisotopic (exact) mass is 857 g/mol. The molecule has 0 saturated heterocycles. The van der Waals surface area contributed by atoms with Crippen molar-refractivity contribution in [3.05, 3.63) is 29.6 Å². The Labute approximate surface area is 348 Å². The van der Waals surface area contributed by atoms with Gasteiger partial charge in [0.2, 0.25) is 17.7 Å². The molecule has 1 aromatic heterocycles. The van der Waals surface area contributed by atoms with Gasteiger partial charge in [0.15, 0.2) is 0 Å². The van der Waals surface area contributed by atoms with Crippen LogP contribution in [-0.4, -0.2) is 205 Å². The fourth-order valence-electron chi connectivity index (χ4n) is 6.76. The van der Waals surface area contributed by atoms with E-state index >= 15 is 0 Å². The van der Waals surface area contributed by atoms with Crippen LogP contribution in [0.5, 0.6) is 0 Å². The molecule has 3 atom stereocenters. The van der Waals surface area contributed by atoms with Crippen molar-refractivity contribution in [3.8, 4) is 0 Å². The van der Waals surface area contributed by atoms with Crippen LogP contribution in [0.1, 0.15) is 49.9 Å². The largest absolute Gasteiger partial charge is 0.480 e. The molecule has 340 valence electrons. The zero-order valence-corrected chi connectivity index (χ0v) is 33.8. The lowest BCUT2D eigenvalue weighted by Gasteiger charge is -2.37. The molecule has 1 aromatic rings.